The first-order valence-electron chi connectivity index (χ1n) is 8.18. The maximum absolute atomic E-state index is 12.4. The number of carbonyl (C=O) groups is 2. The molecular weight excluding hydrogens is 386 g/mol. The van der Waals surface area contributed by atoms with E-state index in [1.54, 1.807) is 36.4 Å². The number of hydrogen-bond donors (Lipinski definition) is 3. The Hall–Kier alpha value is -2.52. The number of benzene rings is 2. The minimum Gasteiger partial charge on any atom is -0.348 e. The van der Waals surface area contributed by atoms with Crippen LogP contribution in [0.25, 0.3) is 0 Å². The molecule has 1 aliphatic heterocycles. The Morgan fingerprint density at radius 1 is 1.22 bits per heavy atom. The molecule has 1 heterocycles. The summed E-state index contributed by atoms with van der Waals surface area (Å²) in [6, 6.07) is 12.0. The summed E-state index contributed by atoms with van der Waals surface area (Å²) in [5.41, 5.74) is 2.27. The number of nitrogens with one attached hydrogen (secondary N) is 3. The molecule has 0 aromatic heterocycles. The molecule has 1 unspecified atom stereocenters. The Morgan fingerprint density at radius 2 is 2.00 bits per heavy atom. The molecule has 2 aromatic carbocycles. The first kappa shape index (κ1) is 19.2. The molecule has 0 fully saturated rings. The average molecular weight is 406 g/mol. The summed E-state index contributed by atoms with van der Waals surface area (Å²) >= 11 is 1.46. The molecule has 0 saturated heterocycles. The lowest BCUT2D eigenvalue weighted by atomic mass is 10.1. The van der Waals surface area contributed by atoms with Crippen LogP contribution in [0.5, 0.6) is 0 Å². The van der Waals surface area contributed by atoms with Crippen molar-refractivity contribution in [2.45, 2.75) is 23.6 Å². The summed E-state index contributed by atoms with van der Waals surface area (Å²) < 4.78 is 25.0. The quantitative estimate of drug-likeness (QED) is 0.709. The van der Waals surface area contributed by atoms with Gasteiger partial charge in [-0.2, -0.15) is 0 Å². The minimum absolute atomic E-state index is 0.0831. The molecule has 142 valence electrons. The van der Waals surface area contributed by atoms with Crippen molar-refractivity contribution >= 4 is 45.0 Å². The van der Waals surface area contributed by atoms with Crippen LogP contribution in [0.2, 0.25) is 0 Å². The molecule has 9 heteroatoms. The molecular formula is C18H19N3O4S2. The largest absolute Gasteiger partial charge is 0.348 e. The molecule has 1 atom stereocenters. The second-order valence-electron chi connectivity index (χ2n) is 6.22. The molecule has 3 rings (SSSR count). The molecule has 2 amide bonds. The summed E-state index contributed by atoms with van der Waals surface area (Å²) in [6.07, 6.45) is 1.08. The number of amides is 2. The van der Waals surface area contributed by atoms with Crippen molar-refractivity contribution in [3.8, 4) is 0 Å². The van der Waals surface area contributed by atoms with Crippen molar-refractivity contribution < 1.29 is 18.0 Å². The van der Waals surface area contributed by atoms with Crippen molar-refractivity contribution in [1.82, 2.24) is 5.32 Å². The third kappa shape index (κ3) is 5.01. The SMILES string of the molecule is CC1Sc2ccc(C(=O)NCc3cccc(NS(C)(=O)=O)c3)cc2NC1=O. The Morgan fingerprint density at radius 3 is 2.74 bits per heavy atom. The number of thioether (sulfide) groups is 1. The highest BCUT2D eigenvalue weighted by atomic mass is 32.2. The summed E-state index contributed by atoms with van der Waals surface area (Å²) in [5, 5.41) is 5.44. The first-order valence-corrected chi connectivity index (χ1v) is 10.9. The zero-order chi connectivity index (χ0) is 19.6. The van der Waals surface area contributed by atoms with Crippen LogP contribution in [0, 0.1) is 0 Å². The predicted molar refractivity (Wildman–Crippen MR) is 106 cm³/mol. The van der Waals surface area contributed by atoms with Gasteiger partial charge in [0.15, 0.2) is 0 Å². The van der Waals surface area contributed by atoms with Crippen LogP contribution in [0.4, 0.5) is 11.4 Å². The second kappa shape index (κ2) is 7.61. The standard InChI is InChI=1S/C18H19N3O4S2/c1-11-17(22)20-15-9-13(6-7-16(15)26-11)18(23)19-10-12-4-3-5-14(8-12)21-27(2,24)25/h3-9,11,21H,10H2,1-2H3,(H,19,23)(H,20,22). The van der Waals surface area contributed by atoms with Gasteiger partial charge in [-0.3, -0.25) is 14.3 Å². The summed E-state index contributed by atoms with van der Waals surface area (Å²) in [4.78, 5) is 25.1. The van der Waals surface area contributed by atoms with E-state index in [1.165, 1.54) is 11.8 Å². The molecule has 27 heavy (non-hydrogen) atoms. The molecule has 1 aliphatic rings. The van der Waals surface area contributed by atoms with Crippen LogP contribution in [-0.4, -0.2) is 31.7 Å². The van der Waals surface area contributed by atoms with E-state index < -0.39 is 10.0 Å². The molecule has 2 aromatic rings. The van der Waals surface area contributed by atoms with Gasteiger partial charge < -0.3 is 10.6 Å². The van der Waals surface area contributed by atoms with Gasteiger partial charge in [0.25, 0.3) is 5.91 Å². The molecule has 0 aliphatic carbocycles. The lowest BCUT2D eigenvalue weighted by Gasteiger charge is -2.21. The van der Waals surface area contributed by atoms with Gasteiger partial charge in [-0.15, -0.1) is 11.8 Å². The van der Waals surface area contributed by atoms with Gasteiger partial charge in [0.1, 0.15) is 0 Å². The maximum atomic E-state index is 12.4. The lowest BCUT2D eigenvalue weighted by Crippen LogP contribution is -2.27. The maximum Gasteiger partial charge on any atom is 0.251 e. The highest BCUT2D eigenvalue weighted by molar-refractivity contribution is 8.01. The fourth-order valence-electron chi connectivity index (χ4n) is 2.59. The van der Waals surface area contributed by atoms with Crippen molar-refractivity contribution in [3.63, 3.8) is 0 Å². The van der Waals surface area contributed by atoms with E-state index in [-0.39, 0.29) is 23.6 Å². The van der Waals surface area contributed by atoms with Gasteiger partial charge >= 0.3 is 0 Å². The number of carbonyl (C=O) groups excluding carboxylic acids is 2. The third-order valence-corrected chi connectivity index (χ3v) is 5.64. The van der Waals surface area contributed by atoms with E-state index in [1.807, 2.05) is 13.0 Å². The highest BCUT2D eigenvalue weighted by Crippen LogP contribution is 2.35. The molecule has 3 N–H and O–H groups in total. The van der Waals surface area contributed by atoms with Crippen LogP contribution >= 0.6 is 11.8 Å². The normalized spacial score (nSPS) is 16.2. The highest BCUT2D eigenvalue weighted by Gasteiger charge is 2.23. The number of anilines is 2. The van der Waals surface area contributed by atoms with E-state index in [2.05, 4.69) is 15.4 Å². The Kier molecular flexibility index (Phi) is 5.43. The van der Waals surface area contributed by atoms with E-state index in [4.69, 9.17) is 0 Å². The Balaban J connectivity index is 1.67. The Bertz CT molecular complexity index is 1010. The Labute approximate surface area is 162 Å². The topological polar surface area (TPSA) is 104 Å². The zero-order valence-electron chi connectivity index (χ0n) is 14.8. The smallest absolute Gasteiger partial charge is 0.251 e. The van der Waals surface area contributed by atoms with Gasteiger partial charge in [0.05, 0.1) is 17.2 Å². The van der Waals surface area contributed by atoms with Crippen LogP contribution in [0.1, 0.15) is 22.8 Å². The fourth-order valence-corrected chi connectivity index (χ4v) is 4.08. The van der Waals surface area contributed by atoms with Crippen molar-refractivity contribution in [2.75, 3.05) is 16.3 Å². The van der Waals surface area contributed by atoms with E-state index in [0.29, 0.717) is 16.9 Å². The van der Waals surface area contributed by atoms with E-state index in [0.717, 1.165) is 16.7 Å². The second-order valence-corrected chi connectivity index (χ2v) is 9.35. The van der Waals surface area contributed by atoms with Gasteiger partial charge in [-0.05, 0) is 42.8 Å². The van der Waals surface area contributed by atoms with Crippen molar-refractivity contribution in [1.29, 1.82) is 0 Å². The van der Waals surface area contributed by atoms with Crippen LogP contribution < -0.4 is 15.4 Å². The van der Waals surface area contributed by atoms with Crippen molar-refractivity contribution in [2.24, 2.45) is 0 Å². The molecule has 0 bridgehead atoms. The van der Waals surface area contributed by atoms with Gasteiger partial charge in [-0.1, -0.05) is 12.1 Å². The minimum atomic E-state index is -3.36. The molecule has 0 radical (unpaired) electrons. The fraction of sp³-hybridized carbons (Fsp3) is 0.222. The molecule has 0 spiro atoms. The summed E-state index contributed by atoms with van der Waals surface area (Å²) in [7, 11) is -3.36. The monoisotopic (exact) mass is 405 g/mol. The van der Waals surface area contributed by atoms with Gasteiger partial charge in [0.2, 0.25) is 15.9 Å². The summed E-state index contributed by atoms with van der Waals surface area (Å²) in [5.74, 6) is -0.364. The number of fused-ring (bicyclic) bond motifs is 1. The van der Waals surface area contributed by atoms with E-state index >= 15 is 0 Å². The molecule has 7 nitrogen and oxygen atoms in total. The predicted octanol–water partition coefficient (Wildman–Crippen LogP) is 2.42. The van der Waals surface area contributed by atoms with Gasteiger partial charge in [-0.25, -0.2) is 8.42 Å². The average Bonchev–Trinajstić information content (AvgIpc) is 2.59. The van der Waals surface area contributed by atoms with E-state index in [9.17, 15) is 18.0 Å². The van der Waals surface area contributed by atoms with Gasteiger partial charge in [0, 0.05) is 22.7 Å². The number of hydrogen-bond acceptors (Lipinski definition) is 5. The lowest BCUT2D eigenvalue weighted by molar-refractivity contribution is -0.115. The van der Waals surface area contributed by atoms with Crippen LogP contribution in [0.15, 0.2) is 47.4 Å². The van der Waals surface area contributed by atoms with Crippen molar-refractivity contribution in [3.05, 3.63) is 53.6 Å². The third-order valence-electron chi connectivity index (χ3n) is 3.86. The number of rotatable bonds is 5. The zero-order valence-corrected chi connectivity index (χ0v) is 16.4. The molecule has 0 saturated carbocycles. The van der Waals surface area contributed by atoms with Crippen LogP contribution in [-0.2, 0) is 21.4 Å². The first-order chi connectivity index (χ1) is 12.7. The summed E-state index contributed by atoms with van der Waals surface area (Å²) in [6.45, 7) is 2.07. The number of sulfonamides is 1. The van der Waals surface area contributed by atoms with Crippen LogP contribution in [0.3, 0.4) is 0 Å².